The van der Waals surface area contributed by atoms with Gasteiger partial charge in [-0.3, -0.25) is 0 Å². The molecule has 0 saturated carbocycles. The van der Waals surface area contributed by atoms with Gasteiger partial charge in [0.15, 0.2) is 5.82 Å². The van der Waals surface area contributed by atoms with Crippen molar-refractivity contribution in [1.29, 1.82) is 0 Å². The Morgan fingerprint density at radius 1 is 1.53 bits per heavy atom. The molecule has 0 bridgehead atoms. The molecule has 6 heteroatoms. The van der Waals surface area contributed by atoms with Crippen LogP contribution in [0.25, 0.3) is 0 Å². The van der Waals surface area contributed by atoms with Gasteiger partial charge in [0.05, 0.1) is 12.5 Å². The summed E-state index contributed by atoms with van der Waals surface area (Å²) in [7, 11) is 0. The highest BCUT2D eigenvalue weighted by Gasteiger charge is 2.14. The van der Waals surface area contributed by atoms with Crippen LogP contribution in [0, 0.1) is 5.82 Å². The number of nitrogens with zero attached hydrogens (tertiary/aromatic N) is 2. The first kappa shape index (κ1) is 12.0. The summed E-state index contributed by atoms with van der Waals surface area (Å²) in [5.74, 6) is 0.301. The quantitative estimate of drug-likeness (QED) is 0.915. The first-order valence-corrected chi connectivity index (χ1v) is 5.46. The highest BCUT2D eigenvalue weighted by molar-refractivity contribution is 6.31. The van der Waals surface area contributed by atoms with Crippen molar-refractivity contribution in [1.82, 2.24) is 10.1 Å². The van der Waals surface area contributed by atoms with E-state index in [2.05, 4.69) is 10.1 Å². The van der Waals surface area contributed by atoms with Crippen molar-refractivity contribution in [3.05, 3.63) is 46.3 Å². The molecule has 1 heterocycles. The average molecular weight is 256 g/mol. The molecule has 2 rings (SSSR count). The molecular weight excluding hydrogens is 245 g/mol. The SMILES string of the molecule is CC(N)c1noc(Cc2c(F)cccc2Cl)n1. The van der Waals surface area contributed by atoms with Gasteiger partial charge in [0, 0.05) is 10.6 Å². The molecule has 0 aliphatic rings. The first-order chi connectivity index (χ1) is 8.08. The van der Waals surface area contributed by atoms with Gasteiger partial charge in [-0.05, 0) is 19.1 Å². The molecule has 90 valence electrons. The van der Waals surface area contributed by atoms with Gasteiger partial charge in [-0.25, -0.2) is 4.39 Å². The van der Waals surface area contributed by atoms with Crippen LogP contribution in [0.15, 0.2) is 22.7 Å². The van der Waals surface area contributed by atoms with E-state index in [9.17, 15) is 4.39 Å². The predicted octanol–water partition coefficient (Wildman–Crippen LogP) is 2.47. The second kappa shape index (κ2) is 4.81. The van der Waals surface area contributed by atoms with E-state index >= 15 is 0 Å². The van der Waals surface area contributed by atoms with Gasteiger partial charge in [0.2, 0.25) is 5.89 Å². The third-order valence-corrected chi connectivity index (χ3v) is 2.63. The monoisotopic (exact) mass is 255 g/mol. The van der Waals surface area contributed by atoms with E-state index < -0.39 is 5.82 Å². The zero-order valence-electron chi connectivity index (χ0n) is 9.15. The minimum absolute atomic E-state index is 0.158. The molecular formula is C11H11ClFN3O. The van der Waals surface area contributed by atoms with E-state index in [1.165, 1.54) is 6.07 Å². The van der Waals surface area contributed by atoms with Crippen molar-refractivity contribution in [2.75, 3.05) is 0 Å². The molecule has 4 nitrogen and oxygen atoms in total. The maximum absolute atomic E-state index is 13.5. The van der Waals surface area contributed by atoms with Gasteiger partial charge in [-0.2, -0.15) is 4.98 Å². The number of rotatable bonds is 3. The van der Waals surface area contributed by atoms with Crippen molar-refractivity contribution in [3.8, 4) is 0 Å². The summed E-state index contributed by atoms with van der Waals surface area (Å²) in [6.07, 6.45) is 0.158. The molecule has 1 unspecified atom stereocenters. The summed E-state index contributed by atoms with van der Waals surface area (Å²) in [6, 6.07) is 4.18. The zero-order valence-corrected chi connectivity index (χ0v) is 9.91. The zero-order chi connectivity index (χ0) is 12.4. The van der Waals surface area contributed by atoms with E-state index in [1.54, 1.807) is 19.1 Å². The van der Waals surface area contributed by atoms with Gasteiger partial charge in [0.25, 0.3) is 0 Å². The minimum atomic E-state index is -0.391. The van der Waals surface area contributed by atoms with Crippen LogP contribution < -0.4 is 5.73 Å². The topological polar surface area (TPSA) is 64.9 Å². The average Bonchev–Trinajstić information content (AvgIpc) is 2.72. The van der Waals surface area contributed by atoms with Crippen LogP contribution in [0.5, 0.6) is 0 Å². The van der Waals surface area contributed by atoms with E-state index in [0.29, 0.717) is 22.3 Å². The van der Waals surface area contributed by atoms with Crippen LogP contribution in [0.1, 0.15) is 30.2 Å². The minimum Gasteiger partial charge on any atom is -0.339 e. The Bertz CT molecular complexity index is 507. The second-order valence-corrected chi connectivity index (χ2v) is 4.12. The number of hydrogen-bond acceptors (Lipinski definition) is 4. The highest BCUT2D eigenvalue weighted by Crippen LogP contribution is 2.21. The lowest BCUT2D eigenvalue weighted by molar-refractivity contribution is 0.375. The molecule has 1 aromatic heterocycles. The maximum atomic E-state index is 13.5. The van der Waals surface area contributed by atoms with Gasteiger partial charge < -0.3 is 10.3 Å². The van der Waals surface area contributed by atoms with Crippen molar-refractivity contribution >= 4 is 11.6 Å². The summed E-state index contributed by atoms with van der Waals surface area (Å²) in [6.45, 7) is 1.74. The summed E-state index contributed by atoms with van der Waals surface area (Å²) in [4.78, 5) is 4.06. The van der Waals surface area contributed by atoms with Crippen LogP contribution in [0.2, 0.25) is 5.02 Å². The third kappa shape index (κ3) is 2.62. The third-order valence-electron chi connectivity index (χ3n) is 2.28. The normalized spacial score (nSPS) is 12.7. The largest absolute Gasteiger partial charge is 0.339 e. The summed E-state index contributed by atoms with van der Waals surface area (Å²) in [5.41, 5.74) is 5.94. The molecule has 0 amide bonds. The van der Waals surface area contributed by atoms with E-state index in [0.717, 1.165) is 0 Å². The Balaban J connectivity index is 2.25. The Kier molecular flexibility index (Phi) is 3.40. The summed E-state index contributed by atoms with van der Waals surface area (Å²) in [5, 5.41) is 4.03. The number of benzene rings is 1. The number of halogens is 2. The fourth-order valence-electron chi connectivity index (χ4n) is 1.38. The lowest BCUT2D eigenvalue weighted by Gasteiger charge is -2.01. The van der Waals surface area contributed by atoms with Gasteiger partial charge in [-0.15, -0.1) is 0 Å². The highest BCUT2D eigenvalue weighted by atomic mass is 35.5. The number of aromatic nitrogens is 2. The Labute approximate surface area is 103 Å². The summed E-state index contributed by atoms with van der Waals surface area (Å²) >= 11 is 5.89. The van der Waals surface area contributed by atoms with Gasteiger partial charge in [0.1, 0.15) is 5.82 Å². The molecule has 0 aliphatic heterocycles. The Morgan fingerprint density at radius 2 is 2.29 bits per heavy atom. The lowest BCUT2D eigenvalue weighted by atomic mass is 10.1. The molecule has 0 saturated heterocycles. The van der Waals surface area contributed by atoms with Crippen molar-refractivity contribution in [2.24, 2.45) is 5.73 Å². The molecule has 0 fully saturated rings. The van der Waals surface area contributed by atoms with Crippen LogP contribution >= 0.6 is 11.6 Å². The molecule has 1 aromatic carbocycles. The van der Waals surface area contributed by atoms with E-state index in [4.69, 9.17) is 21.9 Å². The van der Waals surface area contributed by atoms with Crippen LogP contribution in [0.4, 0.5) is 4.39 Å². The van der Waals surface area contributed by atoms with Crippen molar-refractivity contribution < 1.29 is 8.91 Å². The van der Waals surface area contributed by atoms with Crippen molar-refractivity contribution in [3.63, 3.8) is 0 Å². The fraction of sp³-hybridized carbons (Fsp3) is 0.273. The molecule has 2 N–H and O–H groups in total. The molecule has 17 heavy (non-hydrogen) atoms. The Hall–Kier alpha value is -1.46. The lowest BCUT2D eigenvalue weighted by Crippen LogP contribution is -2.07. The molecule has 1 atom stereocenters. The number of hydrogen-bond donors (Lipinski definition) is 1. The van der Waals surface area contributed by atoms with Gasteiger partial charge >= 0.3 is 0 Å². The second-order valence-electron chi connectivity index (χ2n) is 3.71. The van der Waals surface area contributed by atoms with Gasteiger partial charge in [-0.1, -0.05) is 22.8 Å². The Morgan fingerprint density at radius 3 is 2.88 bits per heavy atom. The predicted molar refractivity (Wildman–Crippen MR) is 61.1 cm³/mol. The van der Waals surface area contributed by atoms with Crippen LogP contribution in [0.3, 0.4) is 0 Å². The summed E-state index contributed by atoms with van der Waals surface area (Å²) < 4.78 is 18.5. The van der Waals surface area contributed by atoms with E-state index in [1.807, 2.05) is 0 Å². The molecule has 0 spiro atoms. The fourth-order valence-corrected chi connectivity index (χ4v) is 1.61. The molecule has 0 radical (unpaired) electrons. The van der Waals surface area contributed by atoms with E-state index in [-0.39, 0.29) is 12.5 Å². The maximum Gasteiger partial charge on any atom is 0.231 e. The standard InChI is InChI=1S/C11H11ClFN3O/c1-6(14)11-15-10(17-16-11)5-7-8(12)3-2-4-9(7)13/h2-4,6H,5,14H2,1H3. The van der Waals surface area contributed by atoms with Crippen LogP contribution in [-0.4, -0.2) is 10.1 Å². The van der Waals surface area contributed by atoms with Crippen LogP contribution in [-0.2, 0) is 6.42 Å². The number of nitrogens with two attached hydrogens (primary N) is 1. The molecule has 0 aliphatic carbocycles. The molecule has 2 aromatic rings. The first-order valence-electron chi connectivity index (χ1n) is 5.09. The smallest absolute Gasteiger partial charge is 0.231 e. The van der Waals surface area contributed by atoms with Crippen molar-refractivity contribution in [2.45, 2.75) is 19.4 Å².